The maximum atomic E-state index is 12.9. The number of nitrogens with zero attached hydrogens (tertiary/aromatic N) is 3. The Bertz CT molecular complexity index is 840. The molecule has 1 aromatic heterocycles. The summed E-state index contributed by atoms with van der Waals surface area (Å²) >= 11 is 6.25. The average molecular weight is 370 g/mol. The number of pyridine rings is 1. The summed E-state index contributed by atoms with van der Waals surface area (Å²) in [7, 11) is 0. The molecular weight excluding hydrogens is 350 g/mol. The Kier molecular flexibility index (Phi) is 4.64. The van der Waals surface area contributed by atoms with E-state index < -0.39 is 0 Å². The fourth-order valence-corrected chi connectivity index (χ4v) is 4.10. The molecule has 6 heteroatoms. The molecular formula is C20H20ClN3O2. The molecule has 1 saturated heterocycles. The zero-order valence-electron chi connectivity index (χ0n) is 14.4. The number of aromatic nitrogens is 1. The second-order valence-electron chi connectivity index (χ2n) is 6.92. The summed E-state index contributed by atoms with van der Waals surface area (Å²) in [6.45, 7) is 2.21. The molecule has 1 aromatic carbocycles. The summed E-state index contributed by atoms with van der Waals surface area (Å²) in [5.74, 6) is -0.162. The molecule has 0 bridgehead atoms. The standard InChI is InChI=1S/C20H20ClN3O2/c21-18-5-1-4-15-12-23(8-6-17(15)18)20(26)16-9-19(25)24(13-16)11-14-3-2-7-22-10-14/h1-5,7,10,16H,6,8-9,11-13H2/t16-/m1/s1. The number of carbonyl (C=O) groups is 2. The van der Waals surface area contributed by atoms with Gasteiger partial charge in [-0.05, 0) is 35.2 Å². The van der Waals surface area contributed by atoms with E-state index >= 15 is 0 Å². The first kappa shape index (κ1) is 17.0. The maximum Gasteiger partial charge on any atom is 0.228 e. The van der Waals surface area contributed by atoms with Crippen molar-refractivity contribution in [1.82, 2.24) is 14.8 Å². The molecule has 2 amide bonds. The van der Waals surface area contributed by atoms with Gasteiger partial charge in [-0.25, -0.2) is 0 Å². The topological polar surface area (TPSA) is 53.5 Å². The van der Waals surface area contributed by atoms with Crippen LogP contribution in [0.1, 0.15) is 23.1 Å². The van der Waals surface area contributed by atoms with Crippen molar-refractivity contribution in [2.24, 2.45) is 5.92 Å². The Morgan fingerprint density at radius 1 is 1.27 bits per heavy atom. The number of benzene rings is 1. The van der Waals surface area contributed by atoms with Crippen LogP contribution >= 0.6 is 11.6 Å². The van der Waals surface area contributed by atoms with Crippen LogP contribution in [0.2, 0.25) is 5.02 Å². The van der Waals surface area contributed by atoms with Gasteiger partial charge in [0.25, 0.3) is 0 Å². The molecule has 5 nitrogen and oxygen atoms in total. The first-order valence-electron chi connectivity index (χ1n) is 8.83. The monoisotopic (exact) mass is 369 g/mol. The molecule has 1 fully saturated rings. The molecule has 2 aromatic rings. The van der Waals surface area contributed by atoms with Crippen molar-refractivity contribution < 1.29 is 9.59 Å². The Morgan fingerprint density at radius 3 is 2.96 bits per heavy atom. The van der Waals surface area contributed by atoms with Gasteiger partial charge in [0.15, 0.2) is 0 Å². The van der Waals surface area contributed by atoms with Gasteiger partial charge in [-0.1, -0.05) is 29.8 Å². The van der Waals surface area contributed by atoms with Crippen LogP contribution in [0.5, 0.6) is 0 Å². The molecule has 4 rings (SSSR count). The van der Waals surface area contributed by atoms with Gasteiger partial charge in [-0.2, -0.15) is 0 Å². The van der Waals surface area contributed by atoms with Gasteiger partial charge in [0.2, 0.25) is 11.8 Å². The highest BCUT2D eigenvalue weighted by Crippen LogP contribution is 2.28. The van der Waals surface area contributed by atoms with Gasteiger partial charge in [-0.15, -0.1) is 0 Å². The van der Waals surface area contributed by atoms with E-state index in [2.05, 4.69) is 4.98 Å². The van der Waals surface area contributed by atoms with Crippen molar-refractivity contribution in [2.45, 2.75) is 25.9 Å². The van der Waals surface area contributed by atoms with E-state index in [0.29, 0.717) is 26.2 Å². The minimum atomic E-state index is -0.264. The van der Waals surface area contributed by atoms with Gasteiger partial charge in [0.1, 0.15) is 0 Å². The van der Waals surface area contributed by atoms with Gasteiger partial charge in [0, 0.05) is 50.0 Å². The third-order valence-corrected chi connectivity index (χ3v) is 5.53. The molecule has 0 unspecified atom stereocenters. The molecule has 0 saturated carbocycles. The number of likely N-dealkylation sites (tertiary alicyclic amines) is 1. The van der Waals surface area contributed by atoms with E-state index in [-0.39, 0.29) is 24.2 Å². The summed E-state index contributed by atoms with van der Waals surface area (Å²) in [4.78, 5) is 33.0. The molecule has 3 heterocycles. The normalized spacial score (nSPS) is 19.6. The second-order valence-corrected chi connectivity index (χ2v) is 7.33. The minimum Gasteiger partial charge on any atom is -0.338 e. The zero-order valence-corrected chi connectivity index (χ0v) is 15.2. The summed E-state index contributed by atoms with van der Waals surface area (Å²) in [5.41, 5.74) is 3.23. The number of fused-ring (bicyclic) bond motifs is 1. The Balaban J connectivity index is 1.42. The van der Waals surface area contributed by atoms with Gasteiger partial charge >= 0.3 is 0 Å². The number of carbonyl (C=O) groups excluding carboxylic acids is 2. The van der Waals surface area contributed by atoms with Crippen molar-refractivity contribution in [2.75, 3.05) is 13.1 Å². The van der Waals surface area contributed by atoms with Crippen LogP contribution in [0.4, 0.5) is 0 Å². The molecule has 0 spiro atoms. The summed E-state index contributed by atoms with van der Waals surface area (Å²) in [6, 6.07) is 9.64. The predicted octanol–water partition coefficient (Wildman–Crippen LogP) is 2.67. The maximum absolute atomic E-state index is 12.9. The number of amides is 2. The Labute approximate surface area is 157 Å². The summed E-state index contributed by atoms with van der Waals surface area (Å²) in [6.07, 6.45) is 4.52. The van der Waals surface area contributed by atoms with E-state index in [1.807, 2.05) is 35.2 Å². The number of rotatable bonds is 3. The molecule has 1 atom stereocenters. The SMILES string of the molecule is O=C1C[C@@H](C(=O)N2CCc3c(Cl)cccc3C2)CN1Cc1cccnc1. The van der Waals surface area contributed by atoms with Crippen LogP contribution in [-0.2, 0) is 29.1 Å². The summed E-state index contributed by atoms with van der Waals surface area (Å²) < 4.78 is 0. The molecule has 2 aliphatic rings. The van der Waals surface area contributed by atoms with E-state index in [0.717, 1.165) is 28.1 Å². The van der Waals surface area contributed by atoms with Crippen LogP contribution in [0.15, 0.2) is 42.7 Å². The van der Waals surface area contributed by atoms with Gasteiger partial charge < -0.3 is 9.80 Å². The first-order valence-corrected chi connectivity index (χ1v) is 9.21. The molecule has 0 aliphatic carbocycles. The second kappa shape index (κ2) is 7.08. The third-order valence-electron chi connectivity index (χ3n) is 5.18. The lowest BCUT2D eigenvalue weighted by molar-refractivity contribution is -0.136. The number of hydrogen-bond acceptors (Lipinski definition) is 3. The van der Waals surface area contributed by atoms with Crippen molar-refractivity contribution in [1.29, 1.82) is 0 Å². The first-order chi connectivity index (χ1) is 12.6. The average Bonchev–Trinajstić information content (AvgIpc) is 3.02. The Morgan fingerprint density at radius 2 is 2.15 bits per heavy atom. The fourth-order valence-electron chi connectivity index (χ4n) is 3.81. The van der Waals surface area contributed by atoms with Crippen molar-refractivity contribution in [3.63, 3.8) is 0 Å². The van der Waals surface area contributed by atoms with Crippen LogP contribution in [0.3, 0.4) is 0 Å². The van der Waals surface area contributed by atoms with E-state index in [1.165, 1.54) is 0 Å². The highest BCUT2D eigenvalue weighted by atomic mass is 35.5. The molecule has 2 aliphatic heterocycles. The van der Waals surface area contributed by atoms with Crippen molar-refractivity contribution >= 4 is 23.4 Å². The zero-order chi connectivity index (χ0) is 18.1. The molecule has 134 valence electrons. The van der Waals surface area contributed by atoms with Gasteiger partial charge in [-0.3, -0.25) is 14.6 Å². The highest BCUT2D eigenvalue weighted by Gasteiger charge is 2.37. The summed E-state index contributed by atoms with van der Waals surface area (Å²) in [5, 5.41) is 0.772. The molecule has 26 heavy (non-hydrogen) atoms. The minimum absolute atomic E-state index is 0.0349. The largest absolute Gasteiger partial charge is 0.338 e. The van der Waals surface area contributed by atoms with E-state index in [1.54, 1.807) is 17.3 Å². The lowest BCUT2D eigenvalue weighted by atomic mass is 9.98. The third kappa shape index (κ3) is 3.31. The predicted molar refractivity (Wildman–Crippen MR) is 98.3 cm³/mol. The Hall–Kier alpha value is -2.40. The quantitative estimate of drug-likeness (QED) is 0.835. The smallest absolute Gasteiger partial charge is 0.228 e. The van der Waals surface area contributed by atoms with Crippen LogP contribution < -0.4 is 0 Å². The fraction of sp³-hybridized carbons (Fsp3) is 0.350. The molecule has 0 radical (unpaired) electrons. The van der Waals surface area contributed by atoms with Crippen molar-refractivity contribution in [3.8, 4) is 0 Å². The number of hydrogen-bond donors (Lipinski definition) is 0. The van der Waals surface area contributed by atoms with Crippen molar-refractivity contribution in [3.05, 3.63) is 64.4 Å². The van der Waals surface area contributed by atoms with Crippen LogP contribution in [0.25, 0.3) is 0 Å². The lowest BCUT2D eigenvalue weighted by Crippen LogP contribution is -2.40. The van der Waals surface area contributed by atoms with Crippen LogP contribution in [0, 0.1) is 5.92 Å². The highest BCUT2D eigenvalue weighted by molar-refractivity contribution is 6.31. The number of halogens is 1. The molecule has 0 N–H and O–H groups in total. The van der Waals surface area contributed by atoms with E-state index in [4.69, 9.17) is 11.6 Å². The van der Waals surface area contributed by atoms with Crippen LogP contribution in [-0.4, -0.2) is 39.7 Å². The lowest BCUT2D eigenvalue weighted by Gasteiger charge is -2.31. The van der Waals surface area contributed by atoms with E-state index in [9.17, 15) is 9.59 Å². The van der Waals surface area contributed by atoms with Gasteiger partial charge in [0.05, 0.1) is 5.92 Å².